The van der Waals surface area contributed by atoms with Crippen molar-refractivity contribution in [2.24, 2.45) is 0 Å². The minimum absolute atomic E-state index is 0.0136. The number of anilines is 2. The molecule has 0 aliphatic carbocycles. The Morgan fingerprint density at radius 2 is 2.00 bits per heavy atom. The van der Waals surface area contributed by atoms with Gasteiger partial charge in [0, 0.05) is 16.9 Å². The molecule has 0 unspecified atom stereocenters. The van der Waals surface area contributed by atoms with Crippen LogP contribution in [-0.2, 0) is 4.79 Å². The number of hydrogen-bond acceptors (Lipinski definition) is 3. The number of rotatable bonds is 4. The Balaban J connectivity index is 2.38. The van der Waals surface area contributed by atoms with Gasteiger partial charge >= 0.3 is 0 Å². The molecule has 0 saturated carbocycles. The number of para-hydroxylation sites is 2. The molecule has 4 heteroatoms. The molecule has 0 bridgehead atoms. The molecule has 0 aliphatic rings. The number of benzene rings is 1. The highest BCUT2D eigenvalue weighted by Crippen LogP contribution is 2.24. The topological polar surface area (TPSA) is 55.1 Å². The van der Waals surface area contributed by atoms with Crippen molar-refractivity contribution in [1.29, 1.82) is 0 Å². The first-order chi connectivity index (χ1) is 7.88. The second-order valence-corrected chi connectivity index (χ2v) is 6.77. The molecule has 0 aliphatic heterocycles. The summed E-state index contributed by atoms with van der Waals surface area (Å²) in [4.78, 5) is 11.7. The lowest BCUT2D eigenvalue weighted by atomic mass is 10.2. The minimum atomic E-state index is 0.0136. The highest BCUT2D eigenvalue weighted by Gasteiger charge is 2.11. The molecular formula is C13H20N2OS. The number of nitrogens with one attached hydrogen (secondary N) is 1. The lowest BCUT2D eigenvalue weighted by molar-refractivity contribution is -0.115. The van der Waals surface area contributed by atoms with Gasteiger partial charge in [-0.3, -0.25) is 4.79 Å². The summed E-state index contributed by atoms with van der Waals surface area (Å²) in [5.41, 5.74) is 7.04. The molecule has 0 aromatic heterocycles. The Hall–Kier alpha value is -1.16. The van der Waals surface area contributed by atoms with Crippen LogP contribution in [-0.4, -0.2) is 16.4 Å². The number of carbonyl (C=O) groups excluding carboxylic acids is 1. The molecule has 3 N–H and O–H groups in total. The Labute approximate surface area is 107 Å². The molecule has 3 nitrogen and oxygen atoms in total. The van der Waals surface area contributed by atoms with Gasteiger partial charge in [-0.05, 0) is 12.1 Å². The molecule has 0 spiro atoms. The predicted octanol–water partition coefficient (Wildman–Crippen LogP) is 3.13. The molecule has 94 valence electrons. The van der Waals surface area contributed by atoms with Gasteiger partial charge in [0.15, 0.2) is 0 Å². The van der Waals surface area contributed by atoms with Gasteiger partial charge in [-0.2, -0.15) is 11.8 Å². The summed E-state index contributed by atoms with van der Waals surface area (Å²) in [6.45, 7) is 6.43. The first-order valence-electron chi connectivity index (χ1n) is 5.67. The molecule has 1 rings (SSSR count). The SMILES string of the molecule is CC(C)(C)SCCC(=O)Nc1ccccc1N. The first kappa shape index (κ1) is 13.9. The van der Waals surface area contributed by atoms with Gasteiger partial charge in [-0.15, -0.1) is 0 Å². The first-order valence-corrected chi connectivity index (χ1v) is 6.65. The van der Waals surface area contributed by atoms with Crippen molar-refractivity contribution in [3.8, 4) is 0 Å². The molecule has 0 fully saturated rings. The van der Waals surface area contributed by atoms with Crippen LogP contribution in [0.25, 0.3) is 0 Å². The monoisotopic (exact) mass is 252 g/mol. The van der Waals surface area contributed by atoms with Gasteiger partial charge in [0.05, 0.1) is 11.4 Å². The van der Waals surface area contributed by atoms with E-state index in [2.05, 4.69) is 26.1 Å². The van der Waals surface area contributed by atoms with Crippen molar-refractivity contribution in [3.05, 3.63) is 24.3 Å². The van der Waals surface area contributed by atoms with Crippen LogP contribution in [0, 0.1) is 0 Å². The largest absolute Gasteiger partial charge is 0.397 e. The third kappa shape index (κ3) is 5.63. The maximum absolute atomic E-state index is 11.7. The van der Waals surface area contributed by atoms with E-state index >= 15 is 0 Å². The van der Waals surface area contributed by atoms with E-state index in [9.17, 15) is 4.79 Å². The van der Waals surface area contributed by atoms with E-state index in [0.29, 0.717) is 17.8 Å². The van der Waals surface area contributed by atoms with Gasteiger partial charge in [0.1, 0.15) is 0 Å². The Bertz CT molecular complexity index is 385. The second kappa shape index (κ2) is 5.96. The third-order valence-electron chi connectivity index (χ3n) is 2.10. The van der Waals surface area contributed by atoms with Crippen LogP contribution in [0.2, 0.25) is 0 Å². The number of thioether (sulfide) groups is 1. The van der Waals surface area contributed by atoms with Crippen LogP contribution in [0.1, 0.15) is 27.2 Å². The normalized spacial score (nSPS) is 11.2. The van der Waals surface area contributed by atoms with Gasteiger partial charge < -0.3 is 11.1 Å². The van der Waals surface area contributed by atoms with Crippen LogP contribution in [0.5, 0.6) is 0 Å². The summed E-state index contributed by atoms with van der Waals surface area (Å²) in [5, 5.41) is 2.82. The molecule has 0 heterocycles. The van der Waals surface area contributed by atoms with Crippen molar-refractivity contribution in [2.75, 3.05) is 16.8 Å². The fourth-order valence-electron chi connectivity index (χ4n) is 1.27. The molecule has 1 aromatic carbocycles. The van der Waals surface area contributed by atoms with E-state index < -0.39 is 0 Å². The van der Waals surface area contributed by atoms with E-state index in [1.165, 1.54) is 0 Å². The van der Waals surface area contributed by atoms with E-state index in [0.717, 1.165) is 5.75 Å². The fraction of sp³-hybridized carbons (Fsp3) is 0.462. The molecule has 17 heavy (non-hydrogen) atoms. The van der Waals surface area contributed by atoms with Crippen molar-refractivity contribution >= 4 is 29.0 Å². The summed E-state index contributed by atoms with van der Waals surface area (Å²) in [6.07, 6.45) is 0.510. The fourth-order valence-corrected chi connectivity index (χ4v) is 2.17. The van der Waals surface area contributed by atoms with E-state index in [1.807, 2.05) is 18.2 Å². The zero-order valence-electron chi connectivity index (χ0n) is 10.6. The van der Waals surface area contributed by atoms with Crippen LogP contribution in [0.4, 0.5) is 11.4 Å². The van der Waals surface area contributed by atoms with E-state index in [4.69, 9.17) is 5.73 Å². The van der Waals surface area contributed by atoms with Crippen molar-refractivity contribution in [3.63, 3.8) is 0 Å². The Morgan fingerprint density at radius 1 is 1.35 bits per heavy atom. The van der Waals surface area contributed by atoms with Crippen molar-refractivity contribution in [2.45, 2.75) is 31.9 Å². The van der Waals surface area contributed by atoms with Gasteiger partial charge in [-0.25, -0.2) is 0 Å². The van der Waals surface area contributed by atoms with Crippen LogP contribution in [0.15, 0.2) is 24.3 Å². The van der Waals surface area contributed by atoms with Crippen molar-refractivity contribution in [1.82, 2.24) is 0 Å². The average molecular weight is 252 g/mol. The smallest absolute Gasteiger partial charge is 0.225 e. The highest BCUT2D eigenvalue weighted by molar-refractivity contribution is 8.00. The molecule has 0 atom stereocenters. The quantitative estimate of drug-likeness (QED) is 0.809. The number of carbonyl (C=O) groups is 1. The molecule has 1 aromatic rings. The Morgan fingerprint density at radius 3 is 2.59 bits per heavy atom. The Kier molecular flexibility index (Phi) is 4.87. The van der Waals surface area contributed by atoms with Crippen LogP contribution in [0.3, 0.4) is 0 Å². The summed E-state index contributed by atoms with van der Waals surface area (Å²) >= 11 is 1.78. The van der Waals surface area contributed by atoms with Gasteiger partial charge in [-0.1, -0.05) is 32.9 Å². The molecular weight excluding hydrogens is 232 g/mol. The summed E-state index contributed by atoms with van der Waals surface area (Å²) in [7, 11) is 0. The molecule has 0 radical (unpaired) electrons. The third-order valence-corrected chi connectivity index (χ3v) is 3.37. The van der Waals surface area contributed by atoms with E-state index in [-0.39, 0.29) is 10.7 Å². The number of nitrogens with two attached hydrogens (primary N) is 1. The summed E-state index contributed by atoms with van der Waals surface area (Å²) in [6, 6.07) is 7.29. The number of hydrogen-bond donors (Lipinski definition) is 2. The number of amides is 1. The van der Waals surface area contributed by atoms with E-state index in [1.54, 1.807) is 17.8 Å². The predicted molar refractivity (Wildman–Crippen MR) is 76.3 cm³/mol. The minimum Gasteiger partial charge on any atom is -0.397 e. The average Bonchev–Trinajstić information content (AvgIpc) is 2.19. The number of nitrogen functional groups attached to an aromatic ring is 1. The lowest BCUT2D eigenvalue weighted by Crippen LogP contribution is -2.15. The lowest BCUT2D eigenvalue weighted by Gasteiger charge is -2.17. The summed E-state index contributed by atoms with van der Waals surface area (Å²) < 4.78 is 0.200. The van der Waals surface area contributed by atoms with Crippen LogP contribution >= 0.6 is 11.8 Å². The second-order valence-electron chi connectivity index (χ2n) is 4.85. The zero-order valence-corrected chi connectivity index (χ0v) is 11.4. The van der Waals surface area contributed by atoms with Crippen LogP contribution < -0.4 is 11.1 Å². The molecule has 0 saturated heterocycles. The maximum atomic E-state index is 11.7. The highest BCUT2D eigenvalue weighted by atomic mass is 32.2. The molecule has 1 amide bonds. The summed E-state index contributed by atoms with van der Waals surface area (Å²) in [5.74, 6) is 0.835. The zero-order chi connectivity index (χ0) is 12.9. The van der Waals surface area contributed by atoms with Gasteiger partial charge in [0.2, 0.25) is 5.91 Å². The maximum Gasteiger partial charge on any atom is 0.225 e. The van der Waals surface area contributed by atoms with Crippen molar-refractivity contribution < 1.29 is 4.79 Å². The standard InChI is InChI=1S/C13H20N2OS/c1-13(2,3)17-9-8-12(16)15-11-7-5-4-6-10(11)14/h4-7H,8-9,14H2,1-3H3,(H,15,16). The van der Waals surface area contributed by atoms with Gasteiger partial charge in [0.25, 0.3) is 0 Å².